The summed E-state index contributed by atoms with van der Waals surface area (Å²) in [6.45, 7) is 0. The van der Waals surface area contributed by atoms with Crippen LogP contribution in [-0.2, 0) is 9.53 Å². The first-order valence-corrected chi connectivity index (χ1v) is 3.34. The molecule has 0 saturated heterocycles. The van der Waals surface area contributed by atoms with E-state index in [9.17, 15) is 4.79 Å². The van der Waals surface area contributed by atoms with E-state index in [1.807, 2.05) is 0 Å². The lowest BCUT2D eigenvalue weighted by atomic mass is 10.3. The van der Waals surface area contributed by atoms with Gasteiger partial charge in [-0.2, -0.15) is 0 Å². The molecule has 3 nitrogen and oxygen atoms in total. The Balaban J connectivity index is 2.74. The van der Waals surface area contributed by atoms with Crippen LogP contribution >= 0.6 is 23.2 Å². The minimum Gasteiger partial charge on any atom is -0.423 e. The van der Waals surface area contributed by atoms with Crippen LogP contribution in [0.4, 0.5) is 0 Å². The lowest BCUT2D eigenvalue weighted by molar-refractivity contribution is -0.173. The summed E-state index contributed by atoms with van der Waals surface area (Å²) < 4.78 is 4.35. The average Bonchev–Trinajstić information content (AvgIpc) is 2.13. The van der Waals surface area contributed by atoms with E-state index in [1.165, 1.54) is 0 Å². The molecule has 0 aromatic carbocycles. The van der Waals surface area contributed by atoms with E-state index in [0.29, 0.717) is 0 Å². The molecule has 0 aliphatic carbocycles. The number of rotatable bonds is 1. The molecule has 5 heteroatoms. The first kappa shape index (κ1) is 7.85. The van der Waals surface area contributed by atoms with Crippen LogP contribution in [0.3, 0.4) is 0 Å². The van der Waals surface area contributed by atoms with Gasteiger partial charge in [0.15, 0.2) is 4.84 Å². The van der Waals surface area contributed by atoms with Crippen LogP contribution < -0.4 is 0 Å². The smallest absolute Gasteiger partial charge is 0.333 e. The number of alkyl halides is 2. The number of cyclic esters (lactones) is 1. The number of hydrogen-bond donors (Lipinski definition) is 1. The van der Waals surface area contributed by atoms with Crippen LogP contribution in [0.5, 0.6) is 0 Å². The summed E-state index contributed by atoms with van der Waals surface area (Å²) in [5.41, 5.74) is 0. The van der Waals surface area contributed by atoms with E-state index in [4.69, 9.17) is 28.3 Å². The Bertz CT molecular complexity index is 189. The highest BCUT2D eigenvalue weighted by Crippen LogP contribution is 2.27. The molecule has 0 spiro atoms. The summed E-state index contributed by atoms with van der Waals surface area (Å²) in [5, 5.41) is 9.15. The maximum atomic E-state index is 10.4. The number of ether oxygens (including phenoxy) is 1. The molecule has 56 valence electrons. The summed E-state index contributed by atoms with van der Waals surface area (Å²) in [6, 6.07) is 0. The van der Waals surface area contributed by atoms with Gasteiger partial charge < -0.3 is 9.84 Å². The zero-order chi connectivity index (χ0) is 7.78. The summed E-state index contributed by atoms with van der Waals surface area (Å²) in [6.07, 6.45) is 2.18. The monoisotopic (exact) mass is 182 g/mol. The molecule has 0 amide bonds. The molecule has 1 heterocycles. The number of hydrogen-bond acceptors (Lipinski definition) is 3. The van der Waals surface area contributed by atoms with Crippen LogP contribution in [-0.4, -0.2) is 21.7 Å². The fraction of sp³-hybridized carbons (Fsp3) is 0.400. The minimum atomic E-state index is -1.83. The highest BCUT2D eigenvalue weighted by molar-refractivity contribution is 6.45. The van der Waals surface area contributed by atoms with Gasteiger partial charge in [0, 0.05) is 6.08 Å². The van der Waals surface area contributed by atoms with Gasteiger partial charge in [-0.05, 0) is 6.08 Å². The van der Waals surface area contributed by atoms with E-state index in [-0.39, 0.29) is 0 Å². The number of carbonyl (C=O) groups excluding carboxylic acids is 1. The summed E-state index contributed by atoms with van der Waals surface area (Å²) in [4.78, 5) is 9.22. The molecule has 1 aliphatic rings. The third kappa shape index (κ3) is 1.26. The van der Waals surface area contributed by atoms with Crippen LogP contribution in [0.2, 0.25) is 0 Å². The molecule has 1 atom stereocenters. The van der Waals surface area contributed by atoms with Crippen molar-refractivity contribution in [2.75, 3.05) is 0 Å². The topological polar surface area (TPSA) is 46.5 Å². The highest BCUT2D eigenvalue weighted by atomic mass is 35.5. The zero-order valence-corrected chi connectivity index (χ0v) is 6.26. The van der Waals surface area contributed by atoms with Crippen LogP contribution in [0.15, 0.2) is 12.2 Å². The van der Waals surface area contributed by atoms with E-state index >= 15 is 0 Å². The highest BCUT2D eigenvalue weighted by Gasteiger charge is 2.39. The van der Waals surface area contributed by atoms with Gasteiger partial charge in [0.2, 0.25) is 0 Å². The van der Waals surface area contributed by atoms with Crippen LogP contribution in [0.25, 0.3) is 0 Å². The van der Waals surface area contributed by atoms with Crippen molar-refractivity contribution in [3.63, 3.8) is 0 Å². The second-order valence-electron chi connectivity index (χ2n) is 1.81. The molecule has 1 N–H and O–H groups in total. The third-order valence-corrected chi connectivity index (χ3v) is 1.66. The molecule has 10 heavy (non-hydrogen) atoms. The second-order valence-corrected chi connectivity index (χ2v) is 2.90. The SMILES string of the molecule is O=C1C=CC(O)(C(Cl)Cl)O1. The number of halogens is 2. The third-order valence-electron chi connectivity index (χ3n) is 1.03. The van der Waals surface area contributed by atoms with Crippen molar-refractivity contribution < 1.29 is 14.6 Å². The van der Waals surface area contributed by atoms with Gasteiger partial charge in [-0.15, -0.1) is 0 Å². The largest absolute Gasteiger partial charge is 0.423 e. The van der Waals surface area contributed by atoms with E-state index in [0.717, 1.165) is 12.2 Å². The van der Waals surface area contributed by atoms with Crippen molar-refractivity contribution in [1.82, 2.24) is 0 Å². The lowest BCUT2D eigenvalue weighted by Crippen LogP contribution is -2.34. The molecule has 0 radical (unpaired) electrons. The molecule has 0 aromatic rings. The summed E-state index contributed by atoms with van der Waals surface area (Å²) >= 11 is 10.6. The van der Waals surface area contributed by atoms with Crippen LogP contribution in [0, 0.1) is 0 Å². The Morgan fingerprint density at radius 1 is 1.70 bits per heavy atom. The normalized spacial score (nSPS) is 31.4. The summed E-state index contributed by atoms with van der Waals surface area (Å²) in [7, 11) is 0. The molecule has 1 unspecified atom stereocenters. The summed E-state index contributed by atoms with van der Waals surface area (Å²) in [5.74, 6) is -2.48. The van der Waals surface area contributed by atoms with E-state index in [1.54, 1.807) is 0 Å². The molecule has 0 aromatic heterocycles. The van der Waals surface area contributed by atoms with Crippen molar-refractivity contribution in [2.24, 2.45) is 0 Å². The fourth-order valence-electron chi connectivity index (χ4n) is 0.534. The number of esters is 1. The van der Waals surface area contributed by atoms with Gasteiger partial charge in [-0.3, -0.25) is 0 Å². The fourth-order valence-corrected chi connectivity index (χ4v) is 0.768. The maximum Gasteiger partial charge on any atom is 0.333 e. The number of aliphatic hydroxyl groups is 1. The Hall–Kier alpha value is -0.250. The molecule has 1 aliphatic heterocycles. The maximum absolute atomic E-state index is 10.4. The van der Waals surface area contributed by atoms with Crippen molar-refractivity contribution in [1.29, 1.82) is 0 Å². The van der Waals surface area contributed by atoms with Gasteiger partial charge in [-0.25, -0.2) is 4.79 Å². The van der Waals surface area contributed by atoms with Gasteiger partial charge in [0.1, 0.15) is 0 Å². The standard InChI is InChI=1S/C5H4Cl2O3/c6-4(7)5(9)2-1-3(8)10-5/h1-2,4,9H. The molecular formula is C5H4Cl2O3. The first-order valence-electron chi connectivity index (χ1n) is 2.47. The quantitative estimate of drug-likeness (QED) is 0.478. The predicted molar refractivity (Wildman–Crippen MR) is 35.7 cm³/mol. The lowest BCUT2D eigenvalue weighted by Gasteiger charge is -2.19. The van der Waals surface area contributed by atoms with Crippen LogP contribution in [0.1, 0.15) is 0 Å². The molecule has 0 saturated carbocycles. The Kier molecular flexibility index (Phi) is 1.90. The molecule has 0 fully saturated rings. The Morgan fingerprint density at radius 2 is 2.30 bits per heavy atom. The van der Waals surface area contributed by atoms with Crippen molar-refractivity contribution >= 4 is 29.2 Å². The predicted octanol–water partition coefficient (Wildman–Crippen LogP) is 0.592. The Labute approximate surface area is 67.2 Å². The van der Waals surface area contributed by atoms with Gasteiger partial charge in [0.25, 0.3) is 5.79 Å². The minimum absolute atomic E-state index is 0.645. The van der Waals surface area contributed by atoms with E-state index < -0.39 is 16.6 Å². The van der Waals surface area contributed by atoms with Crippen molar-refractivity contribution in [3.05, 3.63) is 12.2 Å². The molecule has 0 bridgehead atoms. The zero-order valence-electron chi connectivity index (χ0n) is 4.75. The van der Waals surface area contributed by atoms with Gasteiger partial charge in [-0.1, -0.05) is 23.2 Å². The second kappa shape index (κ2) is 2.42. The number of carbonyl (C=O) groups is 1. The van der Waals surface area contributed by atoms with Gasteiger partial charge in [0.05, 0.1) is 0 Å². The van der Waals surface area contributed by atoms with Crippen molar-refractivity contribution in [3.8, 4) is 0 Å². The molecular weight excluding hydrogens is 179 g/mol. The average molecular weight is 183 g/mol. The Morgan fingerprint density at radius 3 is 2.50 bits per heavy atom. The van der Waals surface area contributed by atoms with Crippen molar-refractivity contribution in [2.45, 2.75) is 10.6 Å². The first-order chi connectivity index (χ1) is 4.54. The van der Waals surface area contributed by atoms with E-state index in [2.05, 4.69) is 4.74 Å². The van der Waals surface area contributed by atoms with Gasteiger partial charge >= 0.3 is 5.97 Å². The molecule has 1 rings (SSSR count).